The quantitative estimate of drug-likeness (QED) is 0.195. The number of aromatic nitrogens is 3. The molecule has 3 aromatic carbocycles. The largest absolute Gasteiger partial charge is 0.493 e. The van der Waals surface area contributed by atoms with Crippen LogP contribution in [0.25, 0.3) is 22.2 Å². The highest BCUT2D eigenvalue weighted by Gasteiger charge is 2.14. The SMILES string of the molecule is COc1cc(-c2cc(C(=O)N/N=C\c3c(C)[nH]c4ccccc34)[nH]n2)ccc1OCc1ccc(C)cc1. The van der Waals surface area contributed by atoms with Gasteiger partial charge in [0.05, 0.1) is 19.0 Å². The molecule has 8 heteroatoms. The molecule has 0 spiro atoms. The molecule has 8 nitrogen and oxygen atoms in total. The van der Waals surface area contributed by atoms with Crippen LogP contribution in [0, 0.1) is 13.8 Å². The van der Waals surface area contributed by atoms with Crippen LogP contribution in [0.2, 0.25) is 0 Å². The third-order valence-electron chi connectivity index (χ3n) is 6.10. The predicted molar refractivity (Wildman–Crippen MR) is 144 cm³/mol. The lowest BCUT2D eigenvalue weighted by Crippen LogP contribution is -2.18. The van der Waals surface area contributed by atoms with Crippen LogP contribution in [-0.2, 0) is 6.61 Å². The van der Waals surface area contributed by atoms with E-state index < -0.39 is 5.91 Å². The Morgan fingerprint density at radius 2 is 1.84 bits per heavy atom. The number of methoxy groups -OCH3 is 1. The second kappa shape index (κ2) is 10.4. The van der Waals surface area contributed by atoms with Crippen LogP contribution in [-0.4, -0.2) is 34.4 Å². The van der Waals surface area contributed by atoms with Crippen molar-refractivity contribution in [3.8, 4) is 22.8 Å². The summed E-state index contributed by atoms with van der Waals surface area (Å²) in [7, 11) is 1.59. The smallest absolute Gasteiger partial charge is 0.289 e. The number of hydrogen-bond acceptors (Lipinski definition) is 5. The average molecular weight is 494 g/mol. The van der Waals surface area contributed by atoms with E-state index in [0.717, 1.165) is 33.3 Å². The fourth-order valence-electron chi connectivity index (χ4n) is 4.06. The van der Waals surface area contributed by atoms with Gasteiger partial charge in [-0.25, -0.2) is 5.43 Å². The molecule has 0 saturated heterocycles. The number of hydrazone groups is 1. The van der Waals surface area contributed by atoms with Crippen LogP contribution in [0.5, 0.6) is 11.5 Å². The van der Waals surface area contributed by atoms with Gasteiger partial charge in [0.25, 0.3) is 5.91 Å². The van der Waals surface area contributed by atoms with Crippen molar-refractivity contribution in [1.29, 1.82) is 0 Å². The first-order chi connectivity index (χ1) is 18.0. The van der Waals surface area contributed by atoms with Gasteiger partial charge in [0.2, 0.25) is 0 Å². The number of carbonyl (C=O) groups excluding carboxylic acids is 1. The van der Waals surface area contributed by atoms with Gasteiger partial charge in [-0.05, 0) is 49.7 Å². The number of nitrogens with zero attached hydrogens (tertiary/aromatic N) is 2. The first-order valence-electron chi connectivity index (χ1n) is 11.8. The minimum absolute atomic E-state index is 0.293. The summed E-state index contributed by atoms with van der Waals surface area (Å²) in [6.45, 7) is 4.45. The van der Waals surface area contributed by atoms with Crippen LogP contribution < -0.4 is 14.9 Å². The monoisotopic (exact) mass is 493 g/mol. The van der Waals surface area contributed by atoms with E-state index in [-0.39, 0.29) is 0 Å². The lowest BCUT2D eigenvalue weighted by molar-refractivity contribution is 0.0950. The Labute approximate surface area is 214 Å². The number of fused-ring (bicyclic) bond motifs is 1. The first-order valence-corrected chi connectivity index (χ1v) is 11.8. The van der Waals surface area contributed by atoms with Crippen molar-refractivity contribution < 1.29 is 14.3 Å². The topological polar surface area (TPSA) is 104 Å². The molecule has 0 aliphatic heterocycles. The molecule has 5 rings (SSSR count). The Balaban J connectivity index is 1.26. The molecule has 3 N–H and O–H groups in total. The zero-order valence-electron chi connectivity index (χ0n) is 20.8. The van der Waals surface area contributed by atoms with E-state index in [4.69, 9.17) is 9.47 Å². The fraction of sp³-hybridized carbons (Fsp3) is 0.138. The number of benzene rings is 3. The Kier molecular flexibility index (Phi) is 6.72. The summed E-state index contributed by atoms with van der Waals surface area (Å²) in [5.74, 6) is 0.817. The van der Waals surface area contributed by atoms with E-state index in [0.29, 0.717) is 29.5 Å². The van der Waals surface area contributed by atoms with Crippen molar-refractivity contribution in [1.82, 2.24) is 20.6 Å². The number of aromatic amines is 2. The number of carbonyl (C=O) groups is 1. The molecule has 0 saturated carbocycles. The number of H-pyrrole nitrogens is 2. The molecule has 0 aliphatic carbocycles. The molecule has 0 radical (unpaired) electrons. The summed E-state index contributed by atoms with van der Waals surface area (Å²) in [4.78, 5) is 15.9. The fourth-order valence-corrected chi connectivity index (χ4v) is 4.06. The predicted octanol–water partition coefficient (Wildman–Crippen LogP) is 5.53. The van der Waals surface area contributed by atoms with Gasteiger partial charge in [0.1, 0.15) is 12.3 Å². The molecule has 1 amide bonds. The highest BCUT2D eigenvalue weighted by molar-refractivity contribution is 6.01. The minimum Gasteiger partial charge on any atom is -0.493 e. The lowest BCUT2D eigenvalue weighted by atomic mass is 10.1. The standard InChI is InChI=1S/C29H27N5O3/c1-18-8-10-20(11-9-18)17-37-27-13-12-21(14-28(27)36-3)25-15-26(33-32-25)29(35)34-30-16-23-19(2)31-24-7-5-4-6-22(23)24/h4-16,31H,17H2,1-3H3,(H,32,33)(H,34,35)/b30-16-. The Hall–Kier alpha value is -4.85. The molecule has 0 aliphatic rings. The molecular formula is C29H27N5O3. The highest BCUT2D eigenvalue weighted by atomic mass is 16.5. The van der Waals surface area contributed by atoms with Crippen LogP contribution >= 0.6 is 0 Å². The minimum atomic E-state index is -0.391. The van der Waals surface area contributed by atoms with E-state index in [9.17, 15) is 4.79 Å². The first kappa shape index (κ1) is 23.9. The van der Waals surface area contributed by atoms with Gasteiger partial charge in [-0.2, -0.15) is 10.2 Å². The average Bonchev–Trinajstić information content (AvgIpc) is 3.53. The summed E-state index contributed by atoms with van der Waals surface area (Å²) in [6.07, 6.45) is 1.64. The van der Waals surface area contributed by atoms with Gasteiger partial charge >= 0.3 is 0 Å². The van der Waals surface area contributed by atoms with E-state index >= 15 is 0 Å². The summed E-state index contributed by atoms with van der Waals surface area (Å²) >= 11 is 0. The van der Waals surface area contributed by atoms with Crippen molar-refractivity contribution >= 4 is 23.0 Å². The summed E-state index contributed by atoms with van der Waals surface area (Å²) in [5.41, 5.74) is 9.44. The zero-order valence-corrected chi connectivity index (χ0v) is 20.8. The van der Waals surface area contributed by atoms with E-state index in [1.54, 1.807) is 19.4 Å². The van der Waals surface area contributed by atoms with Crippen molar-refractivity contribution in [2.24, 2.45) is 5.10 Å². The van der Waals surface area contributed by atoms with Gasteiger partial charge in [-0.3, -0.25) is 9.89 Å². The molecule has 0 atom stereocenters. The number of ether oxygens (including phenoxy) is 2. The summed E-state index contributed by atoms with van der Waals surface area (Å²) in [5, 5.41) is 12.3. The normalized spacial score (nSPS) is 11.2. The summed E-state index contributed by atoms with van der Waals surface area (Å²) < 4.78 is 11.5. The molecule has 5 aromatic rings. The molecule has 2 heterocycles. The van der Waals surface area contributed by atoms with Gasteiger partial charge in [0.15, 0.2) is 11.5 Å². The Morgan fingerprint density at radius 1 is 1.03 bits per heavy atom. The number of para-hydroxylation sites is 1. The van der Waals surface area contributed by atoms with Gasteiger partial charge in [0, 0.05) is 27.7 Å². The lowest BCUT2D eigenvalue weighted by Gasteiger charge is -2.12. The molecule has 186 valence electrons. The highest BCUT2D eigenvalue weighted by Crippen LogP contribution is 2.32. The van der Waals surface area contributed by atoms with Crippen molar-refractivity contribution in [2.75, 3.05) is 7.11 Å². The molecular weight excluding hydrogens is 466 g/mol. The molecule has 0 fully saturated rings. The van der Waals surface area contributed by atoms with E-state index in [1.807, 2.05) is 61.5 Å². The van der Waals surface area contributed by atoms with Crippen LogP contribution in [0.15, 0.2) is 77.9 Å². The molecule has 0 bridgehead atoms. The second-order valence-electron chi connectivity index (χ2n) is 8.72. The van der Waals surface area contributed by atoms with Crippen LogP contribution in [0.3, 0.4) is 0 Å². The van der Waals surface area contributed by atoms with Gasteiger partial charge in [-0.1, -0.05) is 48.0 Å². The second-order valence-corrected chi connectivity index (χ2v) is 8.72. The number of hydrogen-bond donors (Lipinski definition) is 3. The molecule has 37 heavy (non-hydrogen) atoms. The van der Waals surface area contributed by atoms with Crippen LogP contribution in [0.1, 0.15) is 32.9 Å². The van der Waals surface area contributed by atoms with Gasteiger partial charge < -0.3 is 14.5 Å². The van der Waals surface area contributed by atoms with Crippen molar-refractivity contribution in [3.05, 3.63) is 101 Å². The summed E-state index contributed by atoms with van der Waals surface area (Å²) in [6, 6.07) is 23.4. The van der Waals surface area contributed by atoms with Crippen molar-refractivity contribution in [3.63, 3.8) is 0 Å². The van der Waals surface area contributed by atoms with E-state index in [1.165, 1.54) is 5.56 Å². The van der Waals surface area contributed by atoms with Crippen LogP contribution in [0.4, 0.5) is 0 Å². The Bertz CT molecular complexity index is 1580. The van der Waals surface area contributed by atoms with Crippen molar-refractivity contribution in [2.45, 2.75) is 20.5 Å². The number of amides is 1. The molecule has 2 aromatic heterocycles. The number of nitrogens with one attached hydrogen (secondary N) is 3. The Morgan fingerprint density at radius 3 is 2.65 bits per heavy atom. The third kappa shape index (κ3) is 5.23. The van der Waals surface area contributed by atoms with Gasteiger partial charge in [-0.15, -0.1) is 0 Å². The maximum atomic E-state index is 12.6. The maximum Gasteiger partial charge on any atom is 0.289 e. The third-order valence-corrected chi connectivity index (χ3v) is 6.10. The number of rotatable bonds is 8. The maximum absolute atomic E-state index is 12.6. The van der Waals surface area contributed by atoms with E-state index in [2.05, 4.69) is 44.8 Å². The number of aryl methyl sites for hydroxylation is 2. The molecule has 0 unspecified atom stereocenters. The zero-order chi connectivity index (χ0) is 25.8.